The lowest BCUT2D eigenvalue weighted by Crippen LogP contribution is -2.34. The molecule has 3 aliphatic rings. The molecule has 1 nitrogen and oxygen atoms in total. The average Bonchev–Trinajstić information content (AvgIpc) is 3.34. The third-order valence-corrected chi connectivity index (χ3v) is 15.0. The molecular weight excluding hydrogens is 376 g/mol. The van der Waals surface area contributed by atoms with E-state index < -0.39 is 0 Å². The molecule has 2 aromatic carbocycles. The first-order chi connectivity index (χ1) is 13.7. The predicted molar refractivity (Wildman–Crippen MR) is 124 cm³/mol. The summed E-state index contributed by atoms with van der Waals surface area (Å²) in [7, 11) is -0.145. The summed E-state index contributed by atoms with van der Waals surface area (Å²) < 4.78 is 3.18. The molecule has 2 unspecified atom stereocenters. The Hall–Kier alpha value is -0.740. The second-order valence-corrected chi connectivity index (χ2v) is 14.6. The topological polar surface area (TPSA) is 3.24 Å². The number of nitrogens with zero attached hydrogens (tertiary/aromatic N) is 1. The molecule has 5 rings (SSSR count). The highest BCUT2D eigenvalue weighted by Gasteiger charge is 2.50. The largest absolute Gasteiger partial charge is 0.256 e. The van der Waals surface area contributed by atoms with E-state index >= 15 is 0 Å². The number of rotatable bonds is 3. The van der Waals surface area contributed by atoms with E-state index in [4.69, 9.17) is 0 Å². The van der Waals surface area contributed by atoms with Gasteiger partial charge >= 0.3 is 0 Å². The molecule has 0 amide bonds. The summed E-state index contributed by atoms with van der Waals surface area (Å²) in [5.41, 5.74) is 6.64. The normalized spacial score (nSPS) is 36.5. The van der Waals surface area contributed by atoms with Crippen molar-refractivity contribution in [3.8, 4) is 0 Å². The number of benzene rings is 2. The van der Waals surface area contributed by atoms with Gasteiger partial charge in [-0.15, -0.1) is 0 Å². The van der Waals surface area contributed by atoms with Crippen LogP contribution in [0.1, 0.15) is 74.8 Å². The van der Waals surface area contributed by atoms with Gasteiger partial charge in [-0.05, 0) is 84.0 Å². The van der Waals surface area contributed by atoms with Crippen LogP contribution in [-0.2, 0) is 0 Å². The Kier molecular flexibility index (Phi) is 5.62. The van der Waals surface area contributed by atoms with Crippen molar-refractivity contribution < 1.29 is 0 Å². The highest BCUT2D eigenvalue weighted by Crippen LogP contribution is 2.81. The van der Waals surface area contributed by atoms with Crippen LogP contribution in [0.15, 0.2) is 60.7 Å². The Balaban J connectivity index is 1.57. The van der Waals surface area contributed by atoms with Crippen molar-refractivity contribution >= 4 is 16.1 Å². The fourth-order valence-electron chi connectivity index (χ4n) is 5.90. The molecule has 0 bridgehead atoms. The lowest BCUT2D eigenvalue weighted by molar-refractivity contribution is 0.433. The fourth-order valence-corrected chi connectivity index (χ4v) is 15.2. The van der Waals surface area contributed by atoms with Gasteiger partial charge in [-0.1, -0.05) is 67.6 Å². The SMILES string of the molecule is CC1CC[C@@H]2CC[C@@H](C)P2N1P1[C@H](c2ccccc2)CC[C@H]1c1ccccc1. The monoisotopic (exact) mass is 409 g/mol. The van der Waals surface area contributed by atoms with E-state index in [0.29, 0.717) is 0 Å². The summed E-state index contributed by atoms with van der Waals surface area (Å²) in [6.45, 7) is 5.12. The summed E-state index contributed by atoms with van der Waals surface area (Å²) in [5, 5.41) is 0. The minimum atomic E-state index is -0.178. The van der Waals surface area contributed by atoms with Crippen LogP contribution >= 0.6 is 16.1 Å². The Labute approximate surface area is 173 Å². The van der Waals surface area contributed by atoms with Gasteiger partial charge in [-0.25, -0.2) is 0 Å². The molecule has 28 heavy (non-hydrogen) atoms. The molecule has 3 heterocycles. The van der Waals surface area contributed by atoms with E-state index in [1.807, 2.05) is 0 Å². The van der Waals surface area contributed by atoms with Gasteiger partial charge in [0.25, 0.3) is 0 Å². The first-order valence-electron chi connectivity index (χ1n) is 11.2. The minimum Gasteiger partial charge on any atom is -0.256 e. The fraction of sp³-hybridized carbons (Fsp3) is 0.520. The molecule has 6 atom stereocenters. The van der Waals surface area contributed by atoms with Gasteiger partial charge in [0.2, 0.25) is 0 Å². The van der Waals surface area contributed by atoms with Crippen LogP contribution in [0.3, 0.4) is 0 Å². The molecule has 0 aliphatic carbocycles. The molecule has 0 N–H and O–H groups in total. The van der Waals surface area contributed by atoms with E-state index in [1.165, 1.54) is 38.5 Å². The molecule has 3 fully saturated rings. The lowest BCUT2D eigenvalue weighted by Gasteiger charge is -2.50. The zero-order chi connectivity index (χ0) is 19.1. The van der Waals surface area contributed by atoms with Gasteiger partial charge in [0.15, 0.2) is 0 Å². The van der Waals surface area contributed by atoms with Gasteiger partial charge in [0.1, 0.15) is 0 Å². The van der Waals surface area contributed by atoms with Crippen LogP contribution in [0.25, 0.3) is 0 Å². The second kappa shape index (κ2) is 8.18. The first kappa shape index (κ1) is 19.2. The maximum atomic E-state index is 3.18. The Morgan fingerprint density at radius 3 is 1.75 bits per heavy atom. The standard InChI is InChI=1S/C25H33NP2/c1-19-13-15-23-16-14-20(2)27(23)26(19)28-24(21-9-5-3-6-10-21)17-18-25(28)22-11-7-4-8-12-22/h3-12,19-20,23-25H,13-18H2,1-2H3/t19?,20-,23-,24+,25+,27?/m1/s1. The molecule has 0 spiro atoms. The van der Waals surface area contributed by atoms with Crippen LogP contribution in [0, 0.1) is 0 Å². The summed E-state index contributed by atoms with van der Waals surface area (Å²) in [6.07, 6.45) is 8.59. The molecular formula is C25H33NP2. The summed E-state index contributed by atoms with van der Waals surface area (Å²) in [5.74, 6) is 0. The van der Waals surface area contributed by atoms with Crippen LogP contribution in [-0.4, -0.2) is 21.8 Å². The van der Waals surface area contributed by atoms with Crippen molar-refractivity contribution in [2.24, 2.45) is 0 Å². The van der Waals surface area contributed by atoms with E-state index in [0.717, 1.165) is 28.7 Å². The quantitative estimate of drug-likeness (QED) is 0.463. The van der Waals surface area contributed by atoms with Gasteiger partial charge in [-0.2, -0.15) is 0 Å². The zero-order valence-corrected chi connectivity index (χ0v) is 19.0. The maximum Gasteiger partial charge on any atom is 0.0183 e. The van der Waals surface area contributed by atoms with Crippen LogP contribution in [0.5, 0.6) is 0 Å². The molecule has 3 heteroatoms. The van der Waals surface area contributed by atoms with Crippen LogP contribution in [0.2, 0.25) is 0 Å². The summed E-state index contributed by atoms with van der Waals surface area (Å²) in [6, 6.07) is 23.8. The highest BCUT2D eigenvalue weighted by molar-refractivity contribution is 7.71. The number of hydrogen-bond donors (Lipinski definition) is 0. The Morgan fingerprint density at radius 1 is 0.643 bits per heavy atom. The molecule has 148 valence electrons. The van der Waals surface area contributed by atoms with Crippen molar-refractivity contribution in [3.63, 3.8) is 0 Å². The molecule has 3 aliphatic heterocycles. The zero-order valence-electron chi connectivity index (χ0n) is 17.2. The predicted octanol–water partition coefficient (Wildman–Crippen LogP) is 8.09. The summed E-state index contributed by atoms with van der Waals surface area (Å²) in [4.78, 5) is 0. The van der Waals surface area contributed by atoms with E-state index in [-0.39, 0.29) is 16.1 Å². The summed E-state index contributed by atoms with van der Waals surface area (Å²) >= 11 is 0. The molecule has 0 radical (unpaired) electrons. The van der Waals surface area contributed by atoms with E-state index in [2.05, 4.69) is 79.0 Å². The second-order valence-electron chi connectivity index (χ2n) is 9.02. The molecule has 0 aromatic heterocycles. The number of hydrogen-bond acceptors (Lipinski definition) is 1. The van der Waals surface area contributed by atoms with E-state index in [1.54, 1.807) is 11.1 Å². The van der Waals surface area contributed by atoms with Crippen LogP contribution < -0.4 is 0 Å². The molecule has 3 saturated heterocycles. The first-order valence-corrected chi connectivity index (χ1v) is 14.1. The van der Waals surface area contributed by atoms with Crippen LogP contribution in [0.4, 0.5) is 0 Å². The smallest absolute Gasteiger partial charge is 0.0183 e. The van der Waals surface area contributed by atoms with Gasteiger partial charge in [-0.3, -0.25) is 4.44 Å². The average molecular weight is 409 g/mol. The Morgan fingerprint density at radius 2 is 1.18 bits per heavy atom. The molecule has 0 saturated carbocycles. The van der Waals surface area contributed by atoms with Crippen molar-refractivity contribution in [2.45, 2.75) is 81.1 Å². The Bertz CT molecular complexity index is 732. The maximum absolute atomic E-state index is 3.18. The van der Waals surface area contributed by atoms with Gasteiger partial charge in [0, 0.05) is 17.4 Å². The number of fused-ring (bicyclic) bond motifs is 1. The van der Waals surface area contributed by atoms with Crippen molar-refractivity contribution in [1.82, 2.24) is 4.44 Å². The minimum absolute atomic E-state index is 0.0335. The van der Waals surface area contributed by atoms with Gasteiger partial charge in [0.05, 0.1) is 0 Å². The van der Waals surface area contributed by atoms with E-state index in [9.17, 15) is 0 Å². The third kappa shape index (κ3) is 3.39. The van der Waals surface area contributed by atoms with Crippen molar-refractivity contribution in [2.75, 3.05) is 0 Å². The van der Waals surface area contributed by atoms with Gasteiger partial charge < -0.3 is 0 Å². The third-order valence-electron chi connectivity index (χ3n) is 7.25. The lowest BCUT2D eigenvalue weighted by atomic mass is 10.0. The van der Waals surface area contributed by atoms with Crippen molar-refractivity contribution in [3.05, 3.63) is 71.8 Å². The highest BCUT2D eigenvalue weighted by atomic mass is 31.2. The van der Waals surface area contributed by atoms with Crippen molar-refractivity contribution in [1.29, 1.82) is 0 Å². The molecule has 2 aromatic rings.